The van der Waals surface area contributed by atoms with Crippen LogP contribution in [0.2, 0.25) is 0 Å². The van der Waals surface area contributed by atoms with Gasteiger partial charge in [-0.05, 0) is 126 Å². The second-order valence-electron chi connectivity index (χ2n) is 17.0. The van der Waals surface area contributed by atoms with Gasteiger partial charge in [-0.25, -0.2) is 4.79 Å². The van der Waals surface area contributed by atoms with Crippen LogP contribution in [0.1, 0.15) is 94.7 Å². The standard InChI is InChI=1S/C48H68N2O10/c1-8-10-26-56-46(54)50(21-27-55-28-24-53)43-32-41(49-60-47(5,6)7)39-30-35(15-11-13-22-51)38(16-12-14-23-52)44-40-31-37(58-36-18-17-33(3)34(4)29-36)19-20-42(40)59-48(43,45(39)44)57-25-9-2/h8-9,17-20,29-31,35,38,43-45,51-53H,1-2,10-16,21-28,32H2,3-7H3/t35-,38+,43-,44+,45+,48+/m0/s1. The highest BCUT2D eigenvalue weighted by atomic mass is 16.7. The number of fused-ring (bicyclic) bond motifs is 2. The largest absolute Gasteiger partial charge is 0.459 e. The monoisotopic (exact) mass is 832 g/mol. The lowest BCUT2D eigenvalue weighted by Crippen LogP contribution is -2.70. The Bertz CT molecular complexity index is 1800. The zero-order chi connectivity index (χ0) is 43.3. The molecule has 1 aliphatic heterocycles. The van der Waals surface area contributed by atoms with E-state index < -0.39 is 29.4 Å². The molecule has 1 saturated carbocycles. The molecule has 0 bridgehead atoms. The van der Waals surface area contributed by atoms with Gasteiger partial charge in [0.2, 0.25) is 5.79 Å². The van der Waals surface area contributed by atoms with Gasteiger partial charge in [-0.2, -0.15) is 0 Å². The maximum atomic E-state index is 14.4. The maximum absolute atomic E-state index is 14.4. The molecule has 2 aromatic rings. The van der Waals surface area contributed by atoms with Crippen molar-refractivity contribution in [3.8, 4) is 17.2 Å². The molecule has 0 aromatic heterocycles. The maximum Gasteiger partial charge on any atom is 0.410 e. The summed E-state index contributed by atoms with van der Waals surface area (Å²) < 4.78 is 32.5. The van der Waals surface area contributed by atoms with Gasteiger partial charge in [0.05, 0.1) is 44.7 Å². The van der Waals surface area contributed by atoms with Crippen molar-refractivity contribution in [2.24, 2.45) is 22.9 Å². The van der Waals surface area contributed by atoms with Gasteiger partial charge in [0.15, 0.2) is 0 Å². The SMILES string of the molecule is C=CCCOC(=O)N(CCOCCO)[C@H]1CC(=NOC(C)(C)C)C2=C[C@H](CCCCO)[C@@H](CCCCO)[C@@H]3c4cc(Oc5ccc(C)c(C)c5)ccc4O[C@@]1(OCC=C)[C@H]23. The van der Waals surface area contributed by atoms with E-state index >= 15 is 0 Å². The fourth-order valence-electron chi connectivity index (χ4n) is 8.83. The molecule has 2 aliphatic carbocycles. The fraction of sp³-hybridized carbons (Fsp3) is 0.583. The molecule has 330 valence electrons. The van der Waals surface area contributed by atoms with E-state index in [0.29, 0.717) is 36.5 Å². The van der Waals surface area contributed by atoms with Crippen molar-refractivity contribution in [3.05, 3.63) is 90.0 Å². The van der Waals surface area contributed by atoms with Gasteiger partial charge in [0.1, 0.15) is 28.9 Å². The number of ether oxygens (including phenoxy) is 5. The van der Waals surface area contributed by atoms with E-state index in [9.17, 15) is 20.1 Å². The Balaban J connectivity index is 1.78. The van der Waals surface area contributed by atoms with Gasteiger partial charge >= 0.3 is 6.09 Å². The predicted molar refractivity (Wildman–Crippen MR) is 233 cm³/mol. The van der Waals surface area contributed by atoms with Crippen LogP contribution in [0.4, 0.5) is 4.79 Å². The molecule has 0 saturated heterocycles. The summed E-state index contributed by atoms with van der Waals surface area (Å²) in [6, 6.07) is 11.2. The lowest BCUT2D eigenvalue weighted by Gasteiger charge is -2.59. The number of benzene rings is 2. The van der Waals surface area contributed by atoms with Gasteiger partial charge < -0.3 is 43.8 Å². The number of carbonyl (C=O) groups is 1. The van der Waals surface area contributed by atoms with Crippen molar-refractivity contribution in [2.45, 2.75) is 109 Å². The van der Waals surface area contributed by atoms with Gasteiger partial charge in [-0.15, -0.1) is 13.2 Å². The van der Waals surface area contributed by atoms with Crippen LogP contribution in [0.25, 0.3) is 0 Å². The molecule has 0 spiro atoms. The number of carbonyl (C=O) groups excluding carboxylic acids is 1. The summed E-state index contributed by atoms with van der Waals surface area (Å²) in [5.74, 6) is -0.0823. The fourth-order valence-corrected chi connectivity index (χ4v) is 8.83. The van der Waals surface area contributed by atoms with E-state index in [0.717, 1.165) is 48.1 Å². The van der Waals surface area contributed by atoms with E-state index in [-0.39, 0.29) is 77.0 Å². The zero-order valence-corrected chi connectivity index (χ0v) is 36.4. The minimum atomic E-state index is -1.46. The first-order valence-corrected chi connectivity index (χ1v) is 21.7. The molecule has 12 heteroatoms. The Labute approximate surface area is 356 Å². The number of hydrogen-bond acceptors (Lipinski definition) is 11. The van der Waals surface area contributed by atoms with Gasteiger partial charge in [0.25, 0.3) is 0 Å². The van der Waals surface area contributed by atoms with Crippen molar-refractivity contribution in [3.63, 3.8) is 0 Å². The van der Waals surface area contributed by atoms with E-state index in [4.69, 9.17) is 33.7 Å². The van der Waals surface area contributed by atoms with Crippen molar-refractivity contribution < 1.29 is 48.6 Å². The minimum Gasteiger partial charge on any atom is -0.459 e. The Morgan fingerprint density at radius 2 is 1.67 bits per heavy atom. The molecule has 3 aliphatic rings. The number of amides is 1. The van der Waals surface area contributed by atoms with E-state index in [1.54, 1.807) is 17.1 Å². The highest BCUT2D eigenvalue weighted by Crippen LogP contribution is 2.62. The second-order valence-corrected chi connectivity index (χ2v) is 17.0. The first-order chi connectivity index (χ1) is 28.9. The minimum absolute atomic E-state index is 0.0413. The van der Waals surface area contributed by atoms with Crippen molar-refractivity contribution in [1.82, 2.24) is 4.90 Å². The number of aliphatic hydroxyl groups excluding tert-OH is 3. The van der Waals surface area contributed by atoms with Crippen LogP contribution in [0.15, 0.2) is 78.5 Å². The Morgan fingerprint density at radius 1 is 0.933 bits per heavy atom. The second kappa shape index (κ2) is 22.1. The average molecular weight is 833 g/mol. The van der Waals surface area contributed by atoms with Crippen LogP contribution in [-0.4, -0.2) is 102 Å². The lowest BCUT2D eigenvalue weighted by atomic mass is 9.55. The Morgan fingerprint density at radius 3 is 2.35 bits per heavy atom. The quantitative estimate of drug-likeness (QED) is 0.0565. The predicted octanol–water partition coefficient (Wildman–Crippen LogP) is 8.55. The van der Waals surface area contributed by atoms with Crippen LogP contribution >= 0.6 is 0 Å². The third-order valence-corrected chi connectivity index (χ3v) is 11.7. The summed E-state index contributed by atoms with van der Waals surface area (Å²) in [4.78, 5) is 22.2. The Kier molecular flexibility index (Phi) is 17.2. The molecule has 0 radical (unpaired) electrons. The summed E-state index contributed by atoms with van der Waals surface area (Å²) in [7, 11) is 0. The Hall–Kier alpha value is -4.20. The summed E-state index contributed by atoms with van der Waals surface area (Å²) in [5.41, 5.74) is 4.25. The van der Waals surface area contributed by atoms with Crippen LogP contribution < -0.4 is 9.47 Å². The first kappa shape index (κ1) is 46.9. The van der Waals surface area contributed by atoms with Crippen LogP contribution in [0.5, 0.6) is 17.2 Å². The topological polar surface area (TPSA) is 149 Å². The molecule has 2 aromatic carbocycles. The van der Waals surface area contributed by atoms with Gasteiger partial charge in [0, 0.05) is 37.7 Å². The normalized spacial score (nSPS) is 23.8. The third-order valence-electron chi connectivity index (χ3n) is 11.7. The summed E-state index contributed by atoms with van der Waals surface area (Å²) in [6.07, 6.45) is 10.4. The van der Waals surface area contributed by atoms with Crippen molar-refractivity contribution >= 4 is 11.8 Å². The van der Waals surface area contributed by atoms with Crippen LogP contribution in [0.3, 0.4) is 0 Å². The number of allylic oxidation sites excluding steroid dienone is 1. The molecule has 6 atom stereocenters. The number of aliphatic hydroxyl groups is 3. The molecular weight excluding hydrogens is 765 g/mol. The number of nitrogens with zero attached hydrogens (tertiary/aromatic N) is 2. The highest BCUT2D eigenvalue weighted by Gasteiger charge is 2.65. The average Bonchev–Trinajstić information content (AvgIpc) is 3.22. The van der Waals surface area contributed by atoms with Crippen LogP contribution in [-0.2, 0) is 19.0 Å². The van der Waals surface area contributed by atoms with E-state index in [1.807, 2.05) is 45.0 Å². The lowest BCUT2D eigenvalue weighted by molar-refractivity contribution is -0.256. The number of rotatable bonds is 23. The molecule has 60 heavy (non-hydrogen) atoms. The summed E-state index contributed by atoms with van der Waals surface area (Å²) >= 11 is 0. The van der Waals surface area contributed by atoms with E-state index in [1.165, 1.54) is 5.56 Å². The summed E-state index contributed by atoms with van der Waals surface area (Å²) in [6.45, 7) is 18.4. The van der Waals surface area contributed by atoms with Crippen molar-refractivity contribution in [1.29, 1.82) is 0 Å². The molecule has 12 nitrogen and oxygen atoms in total. The number of unbranched alkanes of at least 4 members (excludes halogenated alkanes) is 2. The number of hydrogen-bond donors (Lipinski definition) is 3. The zero-order valence-electron chi connectivity index (χ0n) is 36.4. The molecule has 1 amide bonds. The van der Waals surface area contributed by atoms with Crippen molar-refractivity contribution in [2.75, 3.05) is 52.8 Å². The first-order valence-electron chi connectivity index (χ1n) is 21.7. The smallest absolute Gasteiger partial charge is 0.410 e. The number of aryl methyl sites for hydroxylation is 2. The van der Waals surface area contributed by atoms with Gasteiger partial charge in [-0.1, -0.05) is 42.3 Å². The van der Waals surface area contributed by atoms with E-state index in [2.05, 4.69) is 45.2 Å². The molecular formula is C48H68N2O10. The van der Waals surface area contributed by atoms with Crippen LogP contribution in [0, 0.1) is 31.6 Å². The molecule has 1 heterocycles. The highest BCUT2D eigenvalue weighted by molar-refractivity contribution is 6.03. The van der Waals surface area contributed by atoms with Gasteiger partial charge in [-0.3, -0.25) is 4.90 Å². The molecule has 3 N–H and O–H groups in total. The number of oxime groups is 1. The molecule has 5 rings (SSSR count). The molecule has 0 unspecified atom stereocenters. The summed E-state index contributed by atoms with van der Waals surface area (Å²) in [5, 5.41) is 34.3. The molecule has 1 fully saturated rings. The third kappa shape index (κ3) is 11.4.